The molecule has 3 N–H and O–H groups in total. The van der Waals surface area contributed by atoms with E-state index in [1.165, 1.54) is 28.9 Å². The van der Waals surface area contributed by atoms with Crippen molar-refractivity contribution in [1.82, 2.24) is 4.31 Å². The van der Waals surface area contributed by atoms with Crippen molar-refractivity contribution in [1.29, 1.82) is 0 Å². The molecule has 1 aliphatic rings. The number of anilines is 1. The highest BCUT2D eigenvalue weighted by atomic mass is 32.2. The van der Waals surface area contributed by atoms with E-state index in [-0.39, 0.29) is 16.3 Å². The Morgan fingerprint density at radius 1 is 1.05 bits per heavy atom. The molecule has 0 spiro atoms. The average molecular weight is 284 g/mol. The largest absolute Gasteiger partial charge is 0.506 e. The quantitative estimate of drug-likeness (QED) is 0.642. The van der Waals surface area contributed by atoms with E-state index in [4.69, 9.17) is 5.73 Å². The number of sulfonamides is 1. The van der Waals surface area contributed by atoms with Crippen molar-refractivity contribution in [3.05, 3.63) is 18.2 Å². The summed E-state index contributed by atoms with van der Waals surface area (Å²) in [6, 6.07) is 4.05. The number of benzene rings is 1. The molecule has 6 heteroatoms. The van der Waals surface area contributed by atoms with Gasteiger partial charge in [-0.15, -0.1) is 0 Å². The van der Waals surface area contributed by atoms with Crippen LogP contribution in [0.15, 0.2) is 23.1 Å². The minimum atomic E-state index is -3.50. The van der Waals surface area contributed by atoms with E-state index >= 15 is 0 Å². The zero-order chi connectivity index (χ0) is 13.9. The molecule has 19 heavy (non-hydrogen) atoms. The summed E-state index contributed by atoms with van der Waals surface area (Å²) in [5.74, 6) is -0.0911. The summed E-state index contributed by atoms with van der Waals surface area (Å²) < 4.78 is 26.5. The van der Waals surface area contributed by atoms with E-state index in [2.05, 4.69) is 0 Å². The van der Waals surface area contributed by atoms with Crippen LogP contribution in [0.5, 0.6) is 5.75 Å². The van der Waals surface area contributed by atoms with E-state index in [1.807, 2.05) is 0 Å². The lowest BCUT2D eigenvalue weighted by atomic mass is 10.1. The van der Waals surface area contributed by atoms with Gasteiger partial charge in [0, 0.05) is 13.1 Å². The molecule has 0 unspecified atom stereocenters. The van der Waals surface area contributed by atoms with Gasteiger partial charge >= 0.3 is 0 Å². The number of rotatable bonds is 2. The minimum Gasteiger partial charge on any atom is -0.506 e. The first kappa shape index (κ1) is 14.1. The Morgan fingerprint density at radius 3 is 2.21 bits per heavy atom. The van der Waals surface area contributed by atoms with E-state index in [9.17, 15) is 13.5 Å². The van der Waals surface area contributed by atoms with Gasteiger partial charge in [-0.05, 0) is 31.0 Å². The number of phenolic OH excluding ortho intramolecular Hbond substituents is 1. The van der Waals surface area contributed by atoms with Gasteiger partial charge in [-0.25, -0.2) is 8.42 Å². The maximum absolute atomic E-state index is 12.5. The van der Waals surface area contributed by atoms with Crippen molar-refractivity contribution in [2.45, 2.75) is 37.0 Å². The number of hydrogen-bond donors (Lipinski definition) is 2. The smallest absolute Gasteiger partial charge is 0.243 e. The van der Waals surface area contributed by atoms with Crippen LogP contribution in [0.3, 0.4) is 0 Å². The number of phenols is 1. The van der Waals surface area contributed by atoms with Crippen LogP contribution in [0.1, 0.15) is 32.1 Å². The van der Waals surface area contributed by atoms with Crippen molar-refractivity contribution < 1.29 is 13.5 Å². The standard InChI is InChI=1S/C13H20N2O3S/c14-12-10-11(6-7-13(12)16)19(17,18)15-8-4-2-1-3-5-9-15/h6-7,10,16H,1-5,8-9,14H2. The first-order chi connectivity index (χ1) is 9.01. The molecule has 2 rings (SSSR count). The topological polar surface area (TPSA) is 83.6 Å². The summed E-state index contributed by atoms with van der Waals surface area (Å²) in [7, 11) is -3.50. The van der Waals surface area contributed by atoms with Gasteiger partial charge in [-0.3, -0.25) is 0 Å². The van der Waals surface area contributed by atoms with E-state index in [0.717, 1.165) is 25.7 Å². The molecule has 1 aromatic carbocycles. The summed E-state index contributed by atoms with van der Waals surface area (Å²) in [5.41, 5.74) is 5.66. The molecule has 0 amide bonds. The highest BCUT2D eigenvalue weighted by Gasteiger charge is 2.25. The Kier molecular flexibility index (Phi) is 4.31. The van der Waals surface area contributed by atoms with E-state index in [1.54, 1.807) is 0 Å². The SMILES string of the molecule is Nc1cc(S(=O)(=O)N2CCCCCCC2)ccc1O. The third-order valence-corrected chi connectivity index (χ3v) is 5.35. The molecule has 1 fully saturated rings. The summed E-state index contributed by atoms with van der Waals surface area (Å²) in [4.78, 5) is 0.156. The van der Waals surface area contributed by atoms with Gasteiger partial charge in [0.05, 0.1) is 10.6 Å². The number of nitrogen functional groups attached to an aromatic ring is 1. The Labute approximate surface area is 114 Å². The number of hydrogen-bond acceptors (Lipinski definition) is 4. The summed E-state index contributed by atoms with van der Waals surface area (Å²) in [6.07, 6.45) is 5.12. The second kappa shape index (κ2) is 5.79. The first-order valence-corrected chi connectivity index (χ1v) is 8.04. The Balaban J connectivity index is 2.26. The minimum absolute atomic E-state index is 0.0909. The second-order valence-electron chi connectivity index (χ2n) is 4.89. The second-order valence-corrected chi connectivity index (χ2v) is 6.83. The van der Waals surface area contributed by atoms with Gasteiger partial charge in [0.2, 0.25) is 10.0 Å². The molecule has 0 bridgehead atoms. The Hall–Kier alpha value is -1.27. The van der Waals surface area contributed by atoms with E-state index in [0.29, 0.717) is 13.1 Å². The highest BCUT2D eigenvalue weighted by Crippen LogP contribution is 2.26. The molecule has 106 valence electrons. The molecule has 1 heterocycles. The van der Waals surface area contributed by atoms with Crippen LogP contribution in [-0.2, 0) is 10.0 Å². The molecular formula is C13H20N2O3S. The van der Waals surface area contributed by atoms with Gasteiger partial charge in [0.1, 0.15) is 5.75 Å². The maximum atomic E-state index is 12.5. The molecule has 0 atom stereocenters. The fourth-order valence-corrected chi connectivity index (χ4v) is 3.85. The van der Waals surface area contributed by atoms with Crippen LogP contribution in [0.25, 0.3) is 0 Å². The molecule has 1 aliphatic heterocycles. The van der Waals surface area contributed by atoms with Crippen molar-refractivity contribution in [3.63, 3.8) is 0 Å². The predicted molar refractivity (Wildman–Crippen MR) is 74.4 cm³/mol. The maximum Gasteiger partial charge on any atom is 0.243 e. The third kappa shape index (κ3) is 3.19. The Morgan fingerprint density at radius 2 is 1.63 bits per heavy atom. The lowest BCUT2D eigenvalue weighted by molar-refractivity contribution is 0.364. The van der Waals surface area contributed by atoms with Gasteiger partial charge in [-0.2, -0.15) is 4.31 Å². The third-order valence-electron chi connectivity index (χ3n) is 3.45. The van der Waals surface area contributed by atoms with Crippen LogP contribution < -0.4 is 5.73 Å². The molecule has 0 aliphatic carbocycles. The average Bonchev–Trinajstić information content (AvgIpc) is 2.31. The summed E-state index contributed by atoms with van der Waals surface area (Å²) in [5, 5.41) is 9.37. The first-order valence-electron chi connectivity index (χ1n) is 6.60. The van der Waals surface area contributed by atoms with Gasteiger partial charge < -0.3 is 10.8 Å². The fraction of sp³-hybridized carbons (Fsp3) is 0.538. The molecule has 1 saturated heterocycles. The van der Waals surface area contributed by atoms with Crippen LogP contribution in [0.4, 0.5) is 5.69 Å². The van der Waals surface area contributed by atoms with Gasteiger partial charge in [0.25, 0.3) is 0 Å². The number of aromatic hydroxyl groups is 1. The van der Waals surface area contributed by atoms with Crippen molar-refractivity contribution in [3.8, 4) is 5.75 Å². The molecule has 0 aromatic heterocycles. The van der Waals surface area contributed by atoms with E-state index < -0.39 is 10.0 Å². The lowest BCUT2D eigenvalue weighted by Crippen LogP contribution is -2.33. The lowest BCUT2D eigenvalue weighted by Gasteiger charge is -2.24. The number of nitrogens with zero attached hydrogens (tertiary/aromatic N) is 1. The highest BCUT2D eigenvalue weighted by molar-refractivity contribution is 7.89. The zero-order valence-electron chi connectivity index (χ0n) is 10.9. The van der Waals surface area contributed by atoms with Crippen LogP contribution in [0.2, 0.25) is 0 Å². The van der Waals surface area contributed by atoms with Gasteiger partial charge in [0.15, 0.2) is 0 Å². The summed E-state index contributed by atoms with van der Waals surface area (Å²) in [6.45, 7) is 1.12. The molecule has 5 nitrogen and oxygen atoms in total. The van der Waals surface area contributed by atoms with Crippen molar-refractivity contribution in [2.75, 3.05) is 18.8 Å². The molecule has 0 saturated carbocycles. The normalized spacial score (nSPS) is 18.7. The fourth-order valence-electron chi connectivity index (χ4n) is 2.30. The zero-order valence-corrected chi connectivity index (χ0v) is 11.7. The monoisotopic (exact) mass is 284 g/mol. The molecular weight excluding hydrogens is 264 g/mol. The van der Waals surface area contributed by atoms with Crippen LogP contribution >= 0.6 is 0 Å². The number of nitrogens with two attached hydrogens (primary N) is 1. The van der Waals surface area contributed by atoms with Crippen LogP contribution in [-0.4, -0.2) is 30.9 Å². The molecule has 0 radical (unpaired) electrons. The summed E-state index contributed by atoms with van der Waals surface area (Å²) >= 11 is 0. The van der Waals surface area contributed by atoms with Crippen molar-refractivity contribution >= 4 is 15.7 Å². The predicted octanol–water partition coefficient (Wildman–Crippen LogP) is 1.93. The van der Waals surface area contributed by atoms with Gasteiger partial charge in [-0.1, -0.05) is 19.3 Å². The molecule has 1 aromatic rings. The Bertz CT molecular complexity index is 535. The van der Waals surface area contributed by atoms with Crippen LogP contribution in [0, 0.1) is 0 Å². The van der Waals surface area contributed by atoms with Crippen molar-refractivity contribution in [2.24, 2.45) is 0 Å².